The first-order chi connectivity index (χ1) is 33.2. The van der Waals surface area contributed by atoms with Crippen molar-refractivity contribution in [2.75, 3.05) is 0 Å². The number of aryl methyl sites for hydroxylation is 1. The molecule has 0 bridgehead atoms. The van der Waals surface area contributed by atoms with E-state index in [1.54, 1.807) is 13.8 Å². The van der Waals surface area contributed by atoms with Gasteiger partial charge in [0.1, 0.15) is 0 Å². The first kappa shape index (κ1) is 49.5. The first-order valence-corrected chi connectivity index (χ1v) is 27.7. The second-order valence-electron chi connectivity index (χ2n) is 17.2. The zero-order valence-electron chi connectivity index (χ0n) is 40.7. The molecule has 0 unspecified atom stereocenters. The maximum atomic E-state index is 13.5. The Bertz CT molecular complexity index is 2760. The second-order valence-corrected chi connectivity index (χ2v) is 22.7. The molecule has 5 nitrogen and oxygen atoms in total. The quantitative estimate of drug-likeness (QED) is 0.0454. The van der Waals surface area contributed by atoms with Crippen molar-refractivity contribution in [1.82, 2.24) is 7.90 Å². The van der Waals surface area contributed by atoms with Crippen LogP contribution in [0.5, 0.6) is 0 Å². The third kappa shape index (κ3) is 12.0. The van der Waals surface area contributed by atoms with Crippen LogP contribution in [0.2, 0.25) is 4.89 Å². The summed E-state index contributed by atoms with van der Waals surface area (Å²) in [5.74, 6) is -0.373. The number of nitrogens with one attached hydrogen (secondary N) is 2. The van der Waals surface area contributed by atoms with Gasteiger partial charge in [0.2, 0.25) is 0 Å². The van der Waals surface area contributed by atoms with Gasteiger partial charge in [0.05, 0.1) is 0 Å². The van der Waals surface area contributed by atoms with Crippen LogP contribution in [0.1, 0.15) is 97.6 Å². The molecule has 0 saturated heterocycles. The van der Waals surface area contributed by atoms with E-state index in [-0.39, 0.29) is 11.8 Å². The Kier molecular flexibility index (Phi) is 17.5. The predicted molar refractivity (Wildman–Crippen MR) is 285 cm³/mol. The number of unbranched alkanes of at least 4 members (excludes halogenated alkanes) is 5. The van der Waals surface area contributed by atoms with Gasteiger partial charge in [-0.15, -0.1) is 0 Å². The van der Waals surface area contributed by atoms with Crippen LogP contribution in [-0.4, -0.2) is 17.5 Å². The first-order valence-electron chi connectivity index (χ1n) is 24.2. The molecule has 0 atom stereocenters. The monoisotopic (exact) mass is 991 g/mol. The summed E-state index contributed by atoms with van der Waals surface area (Å²) in [6, 6.07) is 62.2. The van der Waals surface area contributed by atoms with Crippen LogP contribution in [0.25, 0.3) is 59.7 Å². The van der Waals surface area contributed by atoms with Gasteiger partial charge in [0.15, 0.2) is 0 Å². The van der Waals surface area contributed by atoms with E-state index >= 15 is 0 Å². The summed E-state index contributed by atoms with van der Waals surface area (Å²) in [6.07, 6.45) is 8.85. The van der Waals surface area contributed by atoms with Gasteiger partial charge >= 0.3 is 392 Å². The van der Waals surface area contributed by atoms with Crippen molar-refractivity contribution in [2.45, 2.75) is 97.8 Å². The van der Waals surface area contributed by atoms with Crippen LogP contribution in [0.15, 0.2) is 186 Å². The van der Waals surface area contributed by atoms with Gasteiger partial charge in [-0.3, -0.25) is 0 Å². The van der Waals surface area contributed by atoms with Crippen molar-refractivity contribution < 1.29 is 25.6 Å². The van der Waals surface area contributed by atoms with Crippen molar-refractivity contribution in [3.05, 3.63) is 193 Å². The summed E-state index contributed by atoms with van der Waals surface area (Å²) < 4.78 is 7.81. The molecule has 6 heteroatoms. The summed E-state index contributed by atoms with van der Waals surface area (Å²) in [7, 11) is 0. The van der Waals surface area contributed by atoms with E-state index in [9.17, 15) is 9.59 Å². The van der Waals surface area contributed by atoms with Gasteiger partial charge in [0.25, 0.3) is 0 Å². The van der Waals surface area contributed by atoms with Crippen LogP contribution < -0.4 is 7.90 Å². The number of aliphatic imine (C=N–C) groups is 1. The number of carbonyl (C=O) groups is 2. The summed E-state index contributed by atoms with van der Waals surface area (Å²) >= 11 is -3.60. The van der Waals surface area contributed by atoms with E-state index in [0.717, 1.165) is 83.9 Å². The molecule has 0 aliphatic heterocycles. The number of nitrogens with zero attached hydrogens (tertiary/aromatic N) is 1. The molecule has 2 N–H and O–H groups in total. The van der Waals surface area contributed by atoms with E-state index < -0.39 is 16.0 Å². The Morgan fingerprint density at radius 2 is 0.897 bits per heavy atom. The molecular formula is C62H67N3O2Pd. The number of hydrogen-bond acceptors (Lipinski definition) is 3. The zero-order chi connectivity index (χ0) is 47.9. The average molecular weight is 993 g/mol. The average Bonchev–Trinajstić information content (AvgIpc) is 3.37. The predicted octanol–water partition coefficient (Wildman–Crippen LogP) is 16.5. The van der Waals surface area contributed by atoms with Crippen LogP contribution in [0, 0.1) is 0 Å². The van der Waals surface area contributed by atoms with Crippen LogP contribution in [0.4, 0.5) is 5.69 Å². The Hall–Kier alpha value is -6.45. The minimum atomic E-state index is -3.60. The molecule has 0 aliphatic carbocycles. The molecule has 0 heterocycles. The molecule has 7 rings (SSSR count). The molecule has 7 aromatic carbocycles. The fourth-order valence-corrected chi connectivity index (χ4v) is 14.8. The Balaban J connectivity index is 1.55. The van der Waals surface area contributed by atoms with E-state index in [0.29, 0.717) is 11.3 Å². The topological polar surface area (TPSA) is 70.6 Å². The number of benzene rings is 7. The van der Waals surface area contributed by atoms with Crippen LogP contribution in [-0.2, 0) is 32.0 Å². The molecule has 352 valence electrons. The molecule has 0 aromatic heterocycles. The van der Waals surface area contributed by atoms with Crippen molar-refractivity contribution >= 4 is 27.3 Å². The standard InChI is InChI=1S/C56H54N.2C2H5NO.C2H5.Pd/c1-4-6-7-8-9-15-36-49-40-50(41-53(46-30-20-12-21-31-46)55(49)47-32-22-13-23-33-47)57-54(5-2)42(3)37-43-38-51(44-26-16-10-17-27-44)56(48-34-24-14-25-35-48)52(39-43)45-28-18-11-19-29-45;2*1-2(3)4;1-2;/h10-14,16-35,38-41H,4-9,15,36H2,1-3H3;2*1H3,(H2,3,4);1H2,2H3;/q;;;;+2/p-2. The molecule has 0 fully saturated rings. The SMILES string of the molecule is CCCCCCCCc1cc(N=C(CC)C(C)=[C](c2cc(-c3ccccc3)c(-c3ccccc3)c(-c3ccccc3)c2)[Pd]([CH2]C)([NH]C(C)=O)[NH]C(C)=O)cc(-c2ccccc2)c1-c1ccccc1. The molecule has 0 spiro atoms. The molecule has 7 aromatic rings. The van der Waals surface area contributed by atoms with Crippen molar-refractivity contribution in [1.29, 1.82) is 0 Å². The van der Waals surface area contributed by atoms with Crippen molar-refractivity contribution in [3.8, 4) is 55.6 Å². The molecule has 68 heavy (non-hydrogen) atoms. The zero-order valence-corrected chi connectivity index (χ0v) is 42.2. The van der Waals surface area contributed by atoms with Gasteiger partial charge in [-0.05, 0) is 0 Å². The van der Waals surface area contributed by atoms with Gasteiger partial charge in [-0.25, -0.2) is 0 Å². The van der Waals surface area contributed by atoms with E-state index in [2.05, 4.69) is 199 Å². The normalized spacial score (nSPS) is 12.3. The van der Waals surface area contributed by atoms with Gasteiger partial charge in [-0.2, -0.15) is 0 Å². The summed E-state index contributed by atoms with van der Waals surface area (Å²) in [4.78, 5) is 33.3. The van der Waals surface area contributed by atoms with Gasteiger partial charge < -0.3 is 0 Å². The van der Waals surface area contributed by atoms with E-state index in [1.807, 2.05) is 12.1 Å². The van der Waals surface area contributed by atoms with Crippen molar-refractivity contribution in [3.63, 3.8) is 0 Å². The van der Waals surface area contributed by atoms with Crippen LogP contribution >= 0.6 is 0 Å². The minimum absolute atomic E-state index is 0.186. The number of hydrogen-bond donors (Lipinski definition) is 2. The Labute approximate surface area is 409 Å². The number of amides is 2. The third-order valence-electron chi connectivity index (χ3n) is 12.2. The Morgan fingerprint density at radius 3 is 1.32 bits per heavy atom. The molecular weight excluding hydrogens is 925 g/mol. The summed E-state index contributed by atoms with van der Waals surface area (Å²) in [5.41, 5.74) is 16.2. The van der Waals surface area contributed by atoms with Gasteiger partial charge in [0, 0.05) is 0 Å². The maximum absolute atomic E-state index is 13.5. The molecule has 0 aliphatic rings. The van der Waals surface area contributed by atoms with E-state index in [1.165, 1.54) is 48.8 Å². The molecule has 0 radical (unpaired) electrons. The molecule has 2 amide bonds. The van der Waals surface area contributed by atoms with Crippen LogP contribution in [0.3, 0.4) is 0 Å². The fraction of sp³-hybridized carbons (Fsp3) is 0.242. The number of allylic oxidation sites excluding steroid dienone is 1. The number of rotatable bonds is 20. The summed E-state index contributed by atoms with van der Waals surface area (Å²) in [6.45, 7) is 11.8. The van der Waals surface area contributed by atoms with Gasteiger partial charge in [-0.1, -0.05) is 19.8 Å². The second kappa shape index (κ2) is 24.0. The summed E-state index contributed by atoms with van der Waals surface area (Å²) in [5, 5.41) is 0. The third-order valence-corrected chi connectivity index (χ3v) is 18.6. The molecule has 0 saturated carbocycles. The Morgan fingerprint density at radius 1 is 0.485 bits per heavy atom. The van der Waals surface area contributed by atoms with Crippen molar-refractivity contribution in [2.24, 2.45) is 4.99 Å². The van der Waals surface area contributed by atoms with E-state index in [4.69, 9.17) is 4.99 Å². The fourth-order valence-electron chi connectivity index (χ4n) is 9.18. The number of carbonyl (C=O) groups excluding carboxylic acids is 2.